The van der Waals surface area contributed by atoms with Gasteiger partial charge in [0.05, 0.1) is 5.56 Å². The van der Waals surface area contributed by atoms with Gasteiger partial charge in [0.2, 0.25) is 0 Å². The quantitative estimate of drug-likeness (QED) is 0.738. The number of carbonyl (C=O) groups is 1. The van der Waals surface area contributed by atoms with Gasteiger partial charge in [0.1, 0.15) is 11.6 Å². The number of benzene rings is 1. The van der Waals surface area contributed by atoms with E-state index < -0.39 is 17.5 Å². The van der Waals surface area contributed by atoms with E-state index in [4.69, 9.17) is 0 Å². The number of nitrogens with zero attached hydrogens (tertiary/aromatic N) is 1. The van der Waals surface area contributed by atoms with Crippen LogP contribution in [0.3, 0.4) is 0 Å². The topological polar surface area (TPSA) is 20.3 Å². The lowest BCUT2D eigenvalue weighted by molar-refractivity contribution is 0.0677. The summed E-state index contributed by atoms with van der Waals surface area (Å²) in [6.45, 7) is 3.30. The smallest absolute Gasteiger partial charge is 0.256 e. The number of hydrogen-bond donors (Lipinski definition) is 0. The van der Waals surface area contributed by atoms with Gasteiger partial charge < -0.3 is 4.90 Å². The average molecular weight is 239 g/mol. The lowest BCUT2D eigenvalue weighted by Crippen LogP contribution is -2.39. The van der Waals surface area contributed by atoms with E-state index in [2.05, 4.69) is 6.92 Å². The molecule has 0 N–H and O–H groups in total. The molecule has 1 aromatic carbocycles. The first kappa shape index (κ1) is 12.0. The van der Waals surface area contributed by atoms with Gasteiger partial charge in [0.15, 0.2) is 0 Å². The number of halogens is 2. The van der Waals surface area contributed by atoms with Crippen LogP contribution < -0.4 is 0 Å². The highest BCUT2D eigenvalue weighted by Crippen LogP contribution is 2.19. The Morgan fingerprint density at radius 3 is 2.88 bits per heavy atom. The minimum atomic E-state index is -0.658. The summed E-state index contributed by atoms with van der Waals surface area (Å²) in [5.74, 6) is -1.23. The molecule has 1 atom stereocenters. The molecule has 0 bridgehead atoms. The van der Waals surface area contributed by atoms with Crippen molar-refractivity contribution >= 4 is 5.91 Å². The Hall–Kier alpha value is -1.45. The van der Waals surface area contributed by atoms with E-state index in [1.165, 1.54) is 0 Å². The summed E-state index contributed by atoms with van der Waals surface area (Å²) in [6, 6.07) is 2.98. The Morgan fingerprint density at radius 2 is 2.18 bits per heavy atom. The first-order valence-electron chi connectivity index (χ1n) is 5.82. The number of likely N-dealkylation sites (tertiary alicyclic amines) is 1. The van der Waals surface area contributed by atoms with Gasteiger partial charge in [-0.3, -0.25) is 4.79 Å². The van der Waals surface area contributed by atoms with Gasteiger partial charge in [-0.1, -0.05) is 6.92 Å². The molecule has 0 aromatic heterocycles. The van der Waals surface area contributed by atoms with Crippen molar-refractivity contribution in [1.29, 1.82) is 0 Å². The van der Waals surface area contributed by atoms with Gasteiger partial charge in [0, 0.05) is 13.1 Å². The maximum absolute atomic E-state index is 13.5. The fourth-order valence-electron chi connectivity index (χ4n) is 2.21. The van der Waals surface area contributed by atoms with Gasteiger partial charge in [-0.15, -0.1) is 0 Å². The number of rotatable bonds is 1. The molecule has 1 unspecified atom stereocenters. The van der Waals surface area contributed by atoms with Crippen LogP contribution in [-0.4, -0.2) is 23.9 Å². The number of carbonyl (C=O) groups excluding carboxylic acids is 1. The first-order valence-corrected chi connectivity index (χ1v) is 5.82. The molecule has 17 heavy (non-hydrogen) atoms. The highest BCUT2D eigenvalue weighted by atomic mass is 19.1. The molecule has 0 aliphatic carbocycles. The third-order valence-electron chi connectivity index (χ3n) is 3.10. The summed E-state index contributed by atoms with van der Waals surface area (Å²) < 4.78 is 26.5. The standard InChI is InChI=1S/C13H15F2NO/c1-9-3-2-6-16(8-9)13(17)11-7-10(14)4-5-12(11)15/h4-5,7,9H,2-3,6,8H2,1H3. The van der Waals surface area contributed by atoms with E-state index in [-0.39, 0.29) is 5.56 Å². The molecule has 2 nitrogen and oxygen atoms in total. The molecule has 0 saturated carbocycles. The van der Waals surface area contributed by atoms with Crippen LogP contribution in [0, 0.1) is 17.6 Å². The third kappa shape index (κ3) is 2.62. The number of piperidine rings is 1. The summed E-state index contributed by atoms with van der Waals surface area (Å²) in [5, 5.41) is 0. The van der Waals surface area contributed by atoms with Crippen molar-refractivity contribution in [1.82, 2.24) is 4.90 Å². The van der Waals surface area contributed by atoms with E-state index in [1.54, 1.807) is 4.90 Å². The second-order valence-electron chi connectivity index (χ2n) is 4.62. The Labute approximate surface area is 99.2 Å². The highest BCUT2D eigenvalue weighted by Gasteiger charge is 2.24. The largest absolute Gasteiger partial charge is 0.338 e. The summed E-state index contributed by atoms with van der Waals surface area (Å²) in [7, 11) is 0. The minimum absolute atomic E-state index is 0.167. The molecule has 4 heteroatoms. The lowest BCUT2D eigenvalue weighted by atomic mass is 9.99. The van der Waals surface area contributed by atoms with Crippen LogP contribution >= 0.6 is 0 Å². The number of amides is 1. The molecule has 1 saturated heterocycles. The van der Waals surface area contributed by atoms with E-state index in [9.17, 15) is 13.6 Å². The molecule has 1 aliphatic heterocycles. The van der Waals surface area contributed by atoms with Crippen molar-refractivity contribution in [3.05, 3.63) is 35.4 Å². The Kier molecular flexibility index (Phi) is 3.41. The summed E-state index contributed by atoms with van der Waals surface area (Å²) in [5.41, 5.74) is -0.167. The van der Waals surface area contributed by atoms with E-state index in [0.29, 0.717) is 19.0 Å². The first-order chi connectivity index (χ1) is 8.08. The van der Waals surface area contributed by atoms with Crippen molar-refractivity contribution in [3.63, 3.8) is 0 Å². The third-order valence-corrected chi connectivity index (χ3v) is 3.10. The fourth-order valence-corrected chi connectivity index (χ4v) is 2.21. The summed E-state index contributed by atoms with van der Waals surface area (Å²) >= 11 is 0. The van der Waals surface area contributed by atoms with Crippen LogP contribution in [0.25, 0.3) is 0 Å². The molecule has 92 valence electrons. The van der Waals surface area contributed by atoms with E-state index in [1.807, 2.05) is 0 Å². The molecule has 0 spiro atoms. The predicted octanol–water partition coefficient (Wildman–Crippen LogP) is 2.84. The molecule has 1 aromatic rings. The molecule has 2 rings (SSSR count). The molecular formula is C13H15F2NO. The van der Waals surface area contributed by atoms with Crippen LogP contribution in [0.4, 0.5) is 8.78 Å². The van der Waals surface area contributed by atoms with Gasteiger partial charge in [-0.25, -0.2) is 8.78 Å². The van der Waals surface area contributed by atoms with Gasteiger partial charge in [-0.2, -0.15) is 0 Å². The van der Waals surface area contributed by atoms with Crippen LogP contribution in [0.2, 0.25) is 0 Å². The van der Waals surface area contributed by atoms with Gasteiger partial charge in [-0.05, 0) is 37.0 Å². The molecule has 1 aliphatic rings. The Morgan fingerprint density at radius 1 is 1.41 bits per heavy atom. The molecule has 0 radical (unpaired) electrons. The predicted molar refractivity (Wildman–Crippen MR) is 60.7 cm³/mol. The minimum Gasteiger partial charge on any atom is -0.338 e. The lowest BCUT2D eigenvalue weighted by Gasteiger charge is -2.31. The summed E-state index contributed by atoms with van der Waals surface area (Å²) in [6.07, 6.45) is 2.00. The maximum atomic E-state index is 13.5. The zero-order valence-corrected chi connectivity index (χ0v) is 9.75. The normalized spacial score (nSPS) is 20.4. The zero-order valence-electron chi connectivity index (χ0n) is 9.75. The van der Waals surface area contributed by atoms with Crippen LogP contribution in [0.1, 0.15) is 30.1 Å². The Balaban J connectivity index is 2.21. The van der Waals surface area contributed by atoms with Crippen molar-refractivity contribution in [3.8, 4) is 0 Å². The van der Waals surface area contributed by atoms with Gasteiger partial charge >= 0.3 is 0 Å². The molecule has 1 heterocycles. The van der Waals surface area contributed by atoms with Crippen molar-refractivity contribution < 1.29 is 13.6 Å². The van der Waals surface area contributed by atoms with Crippen LogP contribution in [0.5, 0.6) is 0 Å². The van der Waals surface area contributed by atoms with Crippen molar-refractivity contribution in [2.75, 3.05) is 13.1 Å². The van der Waals surface area contributed by atoms with Gasteiger partial charge in [0.25, 0.3) is 5.91 Å². The molecule has 1 amide bonds. The second kappa shape index (κ2) is 4.82. The van der Waals surface area contributed by atoms with Crippen molar-refractivity contribution in [2.45, 2.75) is 19.8 Å². The summed E-state index contributed by atoms with van der Waals surface area (Å²) in [4.78, 5) is 13.6. The van der Waals surface area contributed by atoms with E-state index >= 15 is 0 Å². The van der Waals surface area contributed by atoms with Crippen LogP contribution in [-0.2, 0) is 0 Å². The Bertz CT molecular complexity index is 433. The average Bonchev–Trinajstić information content (AvgIpc) is 2.31. The number of hydrogen-bond acceptors (Lipinski definition) is 1. The molecular weight excluding hydrogens is 224 g/mol. The highest BCUT2D eigenvalue weighted by molar-refractivity contribution is 5.94. The fraction of sp³-hybridized carbons (Fsp3) is 0.462. The van der Waals surface area contributed by atoms with E-state index in [0.717, 1.165) is 31.0 Å². The SMILES string of the molecule is CC1CCCN(C(=O)c2cc(F)ccc2F)C1. The zero-order chi connectivity index (χ0) is 12.4. The maximum Gasteiger partial charge on any atom is 0.256 e. The monoisotopic (exact) mass is 239 g/mol. The van der Waals surface area contributed by atoms with Crippen LogP contribution in [0.15, 0.2) is 18.2 Å². The molecule has 1 fully saturated rings. The second-order valence-corrected chi connectivity index (χ2v) is 4.62. The van der Waals surface area contributed by atoms with Crippen molar-refractivity contribution in [2.24, 2.45) is 5.92 Å².